The number of alkyl halides is 3. The van der Waals surface area contributed by atoms with Crippen LogP contribution in [0.4, 0.5) is 27.1 Å². The van der Waals surface area contributed by atoms with E-state index in [1.807, 2.05) is 0 Å². The van der Waals surface area contributed by atoms with Gasteiger partial charge >= 0.3 is 12.3 Å². The highest BCUT2D eigenvalue weighted by Gasteiger charge is 2.44. The Kier molecular flexibility index (Phi) is 7.23. The third-order valence-electron chi connectivity index (χ3n) is 8.74. The van der Waals surface area contributed by atoms with Crippen LogP contribution in [0.15, 0.2) is 34.9 Å². The number of thiazole rings is 1. The Hall–Kier alpha value is -3.78. The second-order valence-electron chi connectivity index (χ2n) is 11.6. The van der Waals surface area contributed by atoms with E-state index >= 15 is 0 Å². The number of hydrogen-bond donors (Lipinski definition) is 2. The predicted molar refractivity (Wildman–Crippen MR) is 149 cm³/mol. The molecule has 4 aromatic rings. The lowest BCUT2D eigenvalue weighted by atomic mass is 9.82. The van der Waals surface area contributed by atoms with Crippen molar-refractivity contribution >= 4 is 32.7 Å². The lowest BCUT2D eigenvalue weighted by Crippen LogP contribution is -2.39. The van der Waals surface area contributed by atoms with Crippen LogP contribution in [0.1, 0.15) is 66.1 Å². The topological polar surface area (TPSA) is 107 Å². The molecule has 0 radical (unpaired) electrons. The molecular weight excluding hydrogens is 609 g/mol. The van der Waals surface area contributed by atoms with Crippen LogP contribution in [0.5, 0.6) is 5.75 Å². The number of rotatable bonds is 9. The minimum atomic E-state index is -4.86. The van der Waals surface area contributed by atoms with Crippen molar-refractivity contribution in [3.63, 3.8) is 0 Å². The van der Waals surface area contributed by atoms with Gasteiger partial charge < -0.3 is 24.4 Å². The van der Waals surface area contributed by atoms with Crippen LogP contribution in [-0.4, -0.2) is 39.7 Å². The van der Waals surface area contributed by atoms with Gasteiger partial charge in [0.05, 0.1) is 23.0 Å². The van der Waals surface area contributed by atoms with Crippen molar-refractivity contribution < 1.29 is 45.8 Å². The summed E-state index contributed by atoms with van der Waals surface area (Å²) >= 11 is 1.08. The van der Waals surface area contributed by atoms with Crippen molar-refractivity contribution in [1.29, 1.82) is 0 Å². The summed E-state index contributed by atoms with van der Waals surface area (Å²) in [5.74, 6) is -3.42. The zero-order valence-electron chi connectivity index (χ0n) is 23.0. The highest BCUT2D eigenvalue weighted by atomic mass is 32.1. The van der Waals surface area contributed by atoms with Gasteiger partial charge in [-0.15, -0.1) is 13.2 Å². The van der Waals surface area contributed by atoms with E-state index in [9.17, 15) is 31.9 Å². The van der Waals surface area contributed by atoms with Gasteiger partial charge in [0.15, 0.2) is 16.8 Å². The maximum atomic E-state index is 14.5. The highest BCUT2D eigenvalue weighted by Crippen LogP contribution is 2.48. The minimum absolute atomic E-state index is 0.0295. The minimum Gasteiger partial charge on any atom is -0.478 e. The van der Waals surface area contributed by atoms with Crippen molar-refractivity contribution in [3.8, 4) is 17.0 Å². The molecule has 3 aliphatic carbocycles. The molecule has 2 aromatic carbocycles. The molecule has 2 atom stereocenters. The molecule has 0 amide bonds. The van der Waals surface area contributed by atoms with Crippen LogP contribution >= 0.6 is 11.3 Å². The maximum Gasteiger partial charge on any atom is 0.573 e. The second kappa shape index (κ2) is 11.0. The molecule has 2 N–H and O–H groups in total. The first-order chi connectivity index (χ1) is 21.1. The Morgan fingerprint density at radius 1 is 1.09 bits per heavy atom. The number of benzene rings is 2. The number of halogens is 5. The van der Waals surface area contributed by atoms with Crippen molar-refractivity contribution in [1.82, 2.24) is 10.1 Å². The van der Waals surface area contributed by atoms with Crippen molar-refractivity contribution in [2.24, 2.45) is 11.8 Å². The molecular formula is C30H26F5N3O5S. The number of hydrogen-bond acceptors (Lipinski definition) is 8. The number of fused-ring (bicyclic) bond motifs is 3. The van der Waals surface area contributed by atoms with Crippen LogP contribution in [0.25, 0.3) is 21.5 Å². The monoisotopic (exact) mass is 635 g/mol. The normalized spacial score (nSPS) is 23.3. The Bertz CT molecular complexity index is 1720. The number of nitrogens with zero attached hydrogens (tertiary/aromatic N) is 2. The van der Waals surface area contributed by atoms with Crippen LogP contribution in [0.2, 0.25) is 0 Å². The van der Waals surface area contributed by atoms with Gasteiger partial charge in [0, 0.05) is 23.1 Å². The maximum absolute atomic E-state index is 14.5. The van der Waals surface area contributed by atoms with Crippen molar-refractivity contribution in [2.75, 3.05) is 5.32 Å². The number of carbonyl (C=O) groups is 1. The van der Waals surface area contributed by atoms with E-state index in [1.165, 1.54) is 18.2 Å². The third-order valence-corrected chi connectivity index (χ3v) is 9.67. The highest BCUT2D eigenvalue weighted by molar-refractivity contribution is 7.22. The Morgan fingerprint density at radius 2 is 1.82 bits per heavy atom. The Balaban J connectivity index is 1.06. The van der Waals surface area contributed by atoms with E-state index in [4.69, 9.17) is 9.26 Å². The molecule has 8 nitrogen and oxygen atoms in total. The van der Waals surface area contributed by atoms with E-state index in [0.29, 0.717) is 16.5 Å². The number of aromatic nitrogens is 2. The first kappa shape index (κ1) is 29.0. The van der Waals surface area contributed by atoms with E-state index in [1.54, 1.807) is 6.07 Å². The van der Waals surface area contributed by atoms with Gasteiger partial charge in [-0.25, -0.2) is 18.6 Å². The molecule has 3 aliphatic rings. The van der Waals surface area contributed by atoms with Gasteiger partial charge in [-0.2, -0.15) is 0 Å². The SMILES string of the molecule is O=C(O)c1cc2sc(NC3C4CCC3CC(OCc3c(-c5ccccc5OC(F)(F)F)noc3C3CC3)C4)nc2c(F)c1F. The summed E-state index contributed by atoms with van der Waals surface area (Å²) in [6.45, 7) is 0.127. The van der Waals surface area contributed by atoms with Crippen LogP contribution in [0.3, 0.4) is 0 Å². The molecule has 3 saturated carbocycles. The summed E-state index contributed by atoms with van der Waals surface area (Å²) < 4.78 is 84.6. The summed E-state index contributed by atoms with van der Waals surface area (Å²) in [5.41, 5.74) is 0.135. The number of nitrogens with one attached hydrogen (secondary N) is 1. The molecule has 14 heteroatoms. The van der Waals surface area contributed by atoms with Crippen molar-refractivity contribution in [3.05, 3.63) is 58.9 Å². The number of carboxylic acid groups (broad SMARTS) is 1. The summed E-state index contributed by atoms with van der Waals surface area (Å²) in [7, 11) is 0. The number of aromatic carboxylic acids is 1. The van der Waals surface area contributed by atoms with Gasteiger partial charge in [-0.3, -0.25) is 0 Å². The smallest absolute Gasteiger partial charge is 0.478 e. The van der Waals surface area contributed by atoms with E-state index in [0.717, 1.165) is 55.9 Å². The van der Waals surface area contributed by atoms with Crippen LogP contribution in [0, 0.1) is 23.5 Å². The fourth-order valence-electron chi connectivity index (χ4n) is 6.62. The Morgan fingerprint density at radius 3 is 2.50 bits per heavy atom. The first-order valence-electron chi connectivity index (χ1n) is 14.3. The first-order valence-corrected chi connectivity index (χ1v) is 15.1. The largest absolute Gasteiger partial charge is 0.573 e. The Labute approximate surface area is 251 Å². The van der Waals surface area contributed by atoms with Gasteiger partial charge in [0.1, 0.15) is 22.7 Å². The fourth-order valence-corrected chi connectivity index (χ4v) is 7.57. The molecule has 2 bridgehead atoms. The summed E-state index contributed by atoms with van der Waals surface area (Å²) in [4.78, 5) is 15.5. The molecule has 2 unspecified atom stereocenters. The van der Waals surface area contributed by atoms with E-state index < -0.39 is 29.5 Å². The lowest BCUT2D eigenvalue weighted by molar-refractivity contribution is -0.274. The molecule has 7 rings (SSSR count). The van der Waals surface area contributed by atoms with Gasteiger partial charge in [-0.1, -0.05) is 28.6 Å². The number of ether oxygens (including phenoxy) is 2. The quantitative estimate of drug-likeness (QED) is 0.179. The number of anilines is 1. The molecule has 0 saturated heterocycles. The van der Waals surface area contributed by atoms with Gasteiger partial charge in [-0.05, 0) is 68.6 Å². The van der Waals surface area contributed by atoms with Gasteiger partial charge in [0.2, 0.25) is 0 Å². The number of carboxylic acids is 1. The summed E-state index contributed by atoms with van der Waals surface area (Å²) in [6, 6.07) is 6.96. The average Bonchev–Trinajstić information content (AvgIpc) is 3.53. The summed E-state index contributed by atoms with van der Waals surface area (Å²) in [6.07, 6.45) is 0.157. The number of para-hydroxylation sites is 1. The zero-order valence-corrected chi connectivity index (χ0v) is 23.8. The fraction of sp³-hybridized carbons (Fsp3) is 0.433. The van der Waals surface area contributed by atoms with E-state index in [-0.39, 0.29) is 63.7 Å². The molecule has 2 heterocycles. The lowest BCUT2D eigenvalue weighted by Gasteiger charge is -2.35. The van der Waals surface area contributed by atoms with E-state index in [2.05, 4.69) is 20.2 Å². The van der Waals surface area contributed by atoms with Crippen LogP contribution in [-0.2, 0) is 11.3 Å². The third kappa shape index (κ3) is 5.49. The molecule has 0 spiro atoms. The van der Waals surface area contributed by atoms with Gasteiger partial charge in [0.25, 0.3) is 0 Å². The molecule has 0 aliphatic heterocycles. The summed E-state index contributed by atoms with van der Waals surface area (Å²) in [5, 5.41) is 17.1. The predicted octanol–water partition coefficient (Wildman–Crippen LogP) is 7.89. The average molecular weight is 636 g/mol. The van der Waals surface area contributed by atoms with Crippen LogP contribution < -0.4 is 10.1 Å². The second-order valence-corrected chi connectivity index (χ2v) is 12.6. The molecule has 232 valence electrons. The molecule has 44 heavy (non-hydrogen) atoms. The van der Waals surface area contributed by atoms with Crippen molar-refractivity contribution in [2.45, 2.75) is 69.6 Å². The molecule has 2 aromatic heterocycles. The standard InChI is InChI=1S/C30H26F5N3O5S/c31-22-18(28(39)40)11-21-26(23(22)32)37-29(44-21)36-24-14-7-8-15(24)10-16(9-14)41-12-19-25(38-43-27(19)13-5-6-13)17-3-1-2-4-20(17)42-30(33,34)35/h1-4,11,13-16,24H,5-10,12H2,(H,36,37)(H,39,40). The zero-order chi connectivity index (χ0) is 30.7. The molecule has 3 fully saturated rings.